The van der Waals surface area contributed by atoms with E-state index < -0.39 is 0 Å². The molecule has 1 N–H and O–H groups in total. The summed E-state index contributed by atoms with van der Waals surface area (Å²) in [5.41, 5.74) is 3.30. The van der Waals surface area contributed by atoms with E-state index >= 15 is 0 Å². The van der Waals surface area contributed by atoms with E-state index in [-0.39, 0.29) is 24.8 Å². The van der Waals surface area contributed by atoms with Crippen LogP contribution in [0.25, 0.3) is 0 Å². The third-order valence-electron chi connectivity index (χ3n) is 3.85. The van der Waals surface area contributed by atoms with E-state index in [1.807, 2.05) is 32.0 Å². The van der Waals surface area contributed by atoms with Crippen LogP contribution in [0.1, 0.15) is 24.5 Å². The standard InChI is InChI=1S/C19H20Cl2N2O2/c1-12-5-4-6-13(2)19(12)23(14(3)24)10-9-18(25)22-17-11-15(20)7-8-16(17)21/h4-8,11H,9-10H2,1-3H3,(H,22,25). The van der Waals surface area contributed by atoms with E-state index in [1.54, 1.807) is 23.1 Å². The zero-order valence-electron chi connectivity index (χ0n) is 14.4. The zero-order valence-corrected chi connectivity index (χ0v) is 15.9. The van der Waals surface area contributed by atoms with E-state index in [0.717, 1.165) is 16.8 Å². The van der Waals surface area contributed by atoms with Crippen molar-refractivity contribution in [3.05, 3.63) is 57.6 Å². The summed E-state index contributed by atoms with van der Waals surface area (Å²) >= 11 is 12.0. The molecule has 0 atom stereocenters. The molecule has 4 nitrogen and oxygen atoms in total. The van der Waals surface area contributed by atoms with Crippen LogP contribution in [0, 0.1) is 13.8 Å². The number of rotatable bonds is 5. The Labute approximate surface area is 157 Å². The number of para-hydroxylation sites is 1. The van der Waals surface area contributed by atoms with Crippen LogP contribution >= 0.6 is 23.2 Å². The highest BCUT2D eigenvalue weighted by Gasteiger charge is 2.17. The topological polar surface area (TPSA) is 49.4 Å². The van der Waals surface area contributed by atoms with E-state index in [1.165, 1.54) is 6.92 Å². The maximum Gasteiger partial charge on any atom is 0.226 e. The minimum atomic E-state index is -0.235. The molecule has 2 rings (SSSR count). The van der Waals surface area contributed by atoms with Crippen molar-refractivity contribution in [1.82, 2.24) is 0 Å². The lowest BCUT2D eigenvalue weighted by Gasteiger charge is -2.25. The fraction of sp³-hybridized carbons (Fsp3) is 0.263. The molecule has 0 saturated heterocycles. The first-order valence-corrected chi connectivity index (χ1v) is 8.64. The fourth-order valence-corrected chi connectivity index (χ4v) is 3.01. The molecule has 0 saturated carbocycles. The second-order valence-electron chi connectivity index (χ2n) is 5.83. The molecule has 0 bridgehead atoms. The van der Waals surface area contributed by atoms with Crippen molar-refractivity contribution in [2.24, 2.45) is 0 Å². The SMILES string of the molecule is CC(=O)N(CCC(=O)Nc1cc(Cl)ccc1Cl)c1c(C)cccc1C. The average molecular weight is 379 g/mol. The summed E-state index contributed by atoms with van der Waals surface area (Å²) in [7, 11) is 0. The second-order valence-corrected chi connectivity index (χ2v) is 6.68. The van der Waals surface area contributed by atoms with Gasteiger partial charge in [0.2, 0.25) is 11.8 Å². The third-order valence-corrected chi connectivity index (χ3v) is 4.42. The number of hydrogen-bond donors (Lipinski definition) is 1. The third kappa shape index (κ3) is 4.97. The summed E-state index contributed by atoms with van der Waals surface area (Å²) in [6.45, 7) is 5.68. The van der Waals surface area contributed by atoms with E-state index in [9.17, 15) is 9.59 Å². The second kappa shape index (κ2) is 8.37. The highest BCUT2D eigenvalue weighted by molar-refractivity contribution is 6.35. The minimum Gasteiger partial charge on any atom is -0.325 e. The highest BCUT2D eigenvalue weighted by atomic mass is 35.5. The van der Waals surface area contributed by atoms with Crippen molar-refractivity contribution in [2.75, 3.05) is 16.8 Å². The normalized spacial score (nSPS) is 10.4. The minimum absolute atomic E-state index is 0.106. The Balaban J connectivity index is 2.10. The Bertz CT molecular complexity index is 786. The van der Waals surface area contributed by atoms with Crippen LogP contribution < -0.4 is 10.2 Å². The van der Waals surface area contributed by atoms with Gasteiger partial charge in [-0.25, -0.2) is 0 Å². The maximum absolute atomic E-state index is 12.3. The first-order valence-electron chi connectivity index (χ1n) is 7.89. The van der Waals surface area contributed by atoms with Crippen molar-refractivity contribution in [1.29, 1.82) is 0 Å². The molecular weight excluding hydrogens is 359 g/mol. The zero-order chi connectivity index (χ0) is 18.6. The predicted molar refractivity (Wildman–Crippen MR) is 104 cm³/mol. The van der Waals surface area contributed by atoms with Crippen molar-refractivity contribution in [3.63, 3.8) is 0 Å². The van der Waals surface area contributed by atoms with Crippen molar-refractivity contribution in [2.45, 2.75) is 27.2 Å². The molecule has 0 unspecified atom stereocenters. The van der Waals surface area contributed by atoms with Gasteiger partial charge in [-0.1, -0.05) is 41.4 Å². The number of hydrogen-bond acceptors (Lipinski definition) is 2. The van der Waals surface area contributed by atoms with Crippen LogP contribution in [0.3, 0.4) is 0 Å². The number of amides is 2. The van der Waals surface area contributed by atoms with Gasteiger partial charge in [-0.15, -0.1) is 0 Å². The summed E-state index contributed by atoms with van der Waals surface area (Å²) in [6, 6.07) is 10.7. The number of benzene rings is 2. The fourth-order valence-electron chi connectivity index (χ4n) is 2.68. The van der Waals surface area contributed by atoms with Crippen LogP contribution in [0.4, 0.5) is 11.4 Å². The molecular formula is C19H20Cl2N2O2. The Kier molecular flexibility index (Phi) is 6.45. The maximum atomic E-state index is 12.3. The summed E-state index contributed by atoms with van der Waals surface area (Å²) in [5, 5.41) is 3.63. The molecule has 0 radical (unpaired) electrons. The number of nitrogens with one attached hydrogen (secondary N) is 1. The molecule has 0 aliphatic rings. The summed E-state index contributed by atoms with van der Waals surface area (Å²) in [4.78, 5) is 26.0. The number of aryl methyl sites for hydroxylation is 2. The largest absolute Gasteiger partial charge is 0.325 e. The lowest BCUT2D eigenvalue weighted by molar-refractivity contribution is -0.117. The van der Waals surface area contributed by atoms with Crippen LogP contribution in [0.5, 0.6) is 0 Å². The Hall–Kier alpha value is -2.04. The Morgan fingerprint density at radius 1 is 1.08 bits per heavy atom. The Morgan fingerprint density at radius 3 is 2.32 bits per heavy atom. The summed E-state index contributed by atoms with van der Waals surface area (Å²) in [5.74, 6) is -0.340. The molecule has 2 aromatic carbocycles. The molecule has 6 heteroatoms. The number of nitrogens with zero attached hydrogens (tertiary/aromatic N) is 1. The van der Waals surface area contributed by atoms with E-state index in [0.29, 0.717) is 15.7 Å². The van der Waals surface area contributed by atoms with Gasteiger partial charge in [-0.05, 0) is 43.2 Å². The molecule has 25 heavy (non-hydrogen) atoms. The molecule has 2 aromatic rings. The Morgan fingerprint density at radius 2 is 1.72 bits per heavy atom. The number of carbonyl (C=O) groups is 2. The van der Waals surface area contributed by atoms with Gasteiger partial charge in [0.15, 0.2) is 0 Å². The van der Waals surface area contributed by atoms with Crippen LogP contribution in [0.15, 0.2) is 36.4 Å². The quantitative estimate of drug-likeness (QED) is 0.796. The van der Waals surface area contributed by atoms with Gasteiger partial charge in [-0.3, -0.25) is 9.59 Å². The first kappa shape index (κ1) is 19.3. The molecule has 0 aromatic heterocycles. The smallest absolute Gasteiger partial charge is 0.226 e. The van der Waals surface area contributed by atoms with E-state index in [4.69, 9.17) is 23.2 Å². The predicted octanol–water partition coefficient (Wildman–Crippen LogP) is 4.99. The van der Waals surface area contributed by atoms with Crippen LogP contribution in [-0.4, -0.2) is 18.4 Å². The van der Waals surface area contributed by atoms with Crippen molar-refractivity contribution >= 4 is 46.4 Å². The van der Waals surface area contributed by atoms with E-state index in [2.05, 4.69) is 5.32 Å². The molecule has 0 aliphatic heterocycles. The first-order chi connectivity index (χ1) is 11.8. The lowest BCUT2D eigenvalue weighted by Crippen LogP contribution is -2.33. The van der Waals surface area contributed by atoms with Gasteiger partial charge >= 0.3 is 0 Å². The summed E-state index contributed by atoms with van der Waals surface area (Å²) < 4.78 is 0. The molecule has 132 valence electrons. The molecule has 0 spiro atoms. The highest BCUT2D eigenvalue weighted by Crippen LogP contribution is 2.27. The van der Waals surface area contributed by atoms with Gasteiger partial charge < -0.3 is 10.2 Å². The van der Waals surface area contributed by atoms with Crippen LogP contribution in [-0.2, 0) is 9.59 Å². The molecule has 0 fully saturated rings. The summed E-state index contributed by atoms with van der Waals surface area (Å²) in [6.07, 6.45) is 0.149. The van der Waals surface area contributed by atoms with Crippen LogP contribution in [0.2, 0.25) is 10.0 Å². The monoisotopic (exact) mass is 378 g/mol. The van der Waals surface area contributed by atoms with Crippen molar-refractivity contribution < 1.29 is 9.59 Å². The molecule has 2 amide bonds. The van der Waals surface area contributed by atoms with Gasteiger partial charge in [0.25, 0.3) is 0 Å². The number of halogens is 2. The lowest BCUT2D eigenvalue weighted by atomic mass is 10.1. The van der Waals surface area contributed by atoms with Gasteiger partial charge in [0, 0.05) is 30.6 Å². The van der Waals surface area contributed by atoms with Gasteiger partial charge in [-0.2, -0.15) is 0 Å². The molecule has 0 heterocycles. The number of anilines is 2. The molecule has 0 aliphatic carbocycles. The van der Waals surface area contributed by atoms with Crippen molar-refractivity contribution in [3.8, 4) is 0 Å². The van der Waals surface area contributed by atoms with Gasteiger partial charge in [0.05, 0.1) is 10.7 Å². The van der Waals surface area contributed by atoms with Gasteiger partial charge in [0.1, 0.15) is 0 Å². The average Bonchev–Trinajstić information content (AvgIpc) is 2.53. The number of carbonyl (C=O) groups excluding carboxylic acids is 2.